The third-order valence-electron chi connectivity index (χ3n) is 6.00. The largest absolute Gasteiger partial charge is 0.493 e. The smallest absolute Gasteiger partial charge is 0.238 e. The van der Waals surface area contributed by atoms with Gasteiger partial charge in [0.25, 0.3) is 0 Å². The minimum absolute atomic E-state index is 0.0893. The molecule has 3 aromatic rings. The van der Waals surface area contributed by atoms with Gasteiger partial charge >= 0.3 is 0 Å². The Labute approximate surface area is 186 Å². The zero-order valence-corrected chi connectivity index (χ0v) is 18.0. The molecule has 0 spiro atoms. The summed E-state index contributed by atoms with van der Waals surface area (Å²) >= 11 is 0. The van der Waals surface area contributed by atoms with Crippen LogP contribution < -0.4 is 14.8 Å². The van der Waals surface area contributed by atoms with E-state index in [4.69, 9.17) is 14.2 Å². The van der Waals surface area contributed by atoms with Crippen molar-refractivity contribution in [2.45, 2.75) is 12.3 Å². The summed E-state index contributed by atoms with van der Waals surface area (Å²) in [5, 5.41) is 3.72. The SMILES string of the molecule is COc1cc2c(C3C(=O)Nc4ccccc43)ncnc2cc1OCCCN1CCOCC1. The van der Waals surface area contributed by atoms with Crippen LogP contribution in [0.5, 0.6) is 11.5 Å². The Balaban J connectivity index is 1.39. The highest BCUT2D eigenvalue weighted by atomic mass is 16.5. The number of hydrogen-bond acceptors (Lipinski definition) is 7. The topological polar surface area (TPSA) is 85.8 Å². The number of amides is 1. The number of methoxy groups -OCH3 is 1. The molecule has 0 radical (unpaired) electrons. The summed E-state index contributed by atoms with van der Waals surface area (Å²) in [6.07, 6.45) is 2.41. The Morgan fingerprint density at radius 1 is 1.16 bits per heavy atom. The molecule has 1 fully saturated rings. The Morgan fingerprint density at radius 3 is 2.84 bits per heavy atom. The maximum absolute atomic E-state index is 12.8. The molecule has 8 nitrogen and oxygen atoms in total. The molecule has 0 aliphatic carbocycles. The molecule has 8 heteroatoms. The maximum Gasteiger partial charge on any atom is 0.238 e. The zero-order valence-electron chi connectivity index (χ0n) is 18.0. The fourth-order valence-electron chi connectivity index (χ4n) is 4.36. The van der Waals surface area contributed by atoms with E-state index < -0.39 is 5.92 Å². The third-order valence-corrected chi connectivity index (χ3v) is 6.00. The second-order valence-electron chi connectivity index (χ2n) is 7.94. The number of carbonyl (C=O) groups excluding carboxylic acids is 1. The first-order valence-corrected chi connectivity index (χ1v) is 10.9. The summed E-state index contributed by atoms with van der Waals surface area (Å²) < 4.78 is 17.0. The predicted octanol–water partition coefficient (Wildman–Crippen LogP) is 2.82. The third kappa shape index (κ3) is 3.99. The predicted molar refractivity (Wildman–Crippen MR) is 120 cm³/mol. The molecule has 166 valence electrons. The summed E-state index contributed by atoms with van der Waals surface area (Å²) in [5.41, 5.74) is 3.12. The molecule has 1 aromatic heterocycles. The Kier molecular flexibility index (Phi) is 5.87. The molecular weight excluding hydrogens is 408 g/mol. The van der Waals surface area contributed by atoms with E-state index >= 15 is 0 Å². The standard InChI is InChI=1S/C24H26N4O4/c1-30-20-13-17-19(14-21(20)32-10-4-7-28-8-11-31-12-9-28)25-15-26-23(17)22-16-5-2-3-6-18(16)27-24(22)29/h2-3,5-6,13-15,22H,4,7-12H2,1H3,(H,27,29). The van der Waals surface area contributed by atoms with E-state index in [0.717, 1.165) is 61.4 Å². The molecule has 2 aromatic carbocycles. The van der Waals surface area contributed by atoms with Crippen molar-refractivity contribution < 1.29 is 19.0 Å². The summed E-state index contributed by atoms with van der Waals surface area (Å²) in [7, 11) is 1.61. The van der Waals surface area contributed by atoms with Crippen molar-refractivity contribution in [3.63, 3.8) is 0 Å². The van der Waals surface area contributed by atoms with Crippen molar-refractivity contribution in [1.82, 2.24) is 14.9 Å². The van der Waals surface area contributed by atoms with Crippen LogP contribution in [0.2, 0.25) is 0 Å². The van der Waals surface area contributed by atoms with Crippen LogP contribution in [0.3, 0.4) is 0 Å². The average molecular weight is 434 g/mol. The molecule has 32 heavy (non-hydrogen) atoms. The van der Waals surface area contributed by atoms with Crippen molar-refractivity contribution >= 4 is 22.5 Å². The molecular formula is C24H26N4O4. The lowest BCUT2D eigenvalue weighted by atomic mass is 9.94. The number of hydrogen-bond donors (Lipinski definition) is 1. The molecule has 1 atom stereocenters. The summed E-state index contributed by atoms with van der Waals surface area (Å²) in [6, 6.07) is 11.4. The monoisotopic (exact) mass is 434 g/mol. The van der Waals surface area contributed by atoms with Gasteiger partial charge in [-0.25, -0.2) is 9.97 Å². The molecule has 1 N–H and O–H groups in total. The second-order valence-corrected chi connectivity index (χ2v) is 7.94. The number of morpholine rings is 1. The van der Waals surface area contributed by atoms with Gasteiger partial charge in [-0.05, 0) is 24.1 Å². The van der Waals surface area contributed by atoms with Gasteiger partial charge in [-0.15, -0.1) is 0 Å². The van der Waals surface area contributed by atoms with Gasteiger partial charge in [-0.1, -0.05) is 18.2 Å². The van der Waals surface area contributed by atoms with Crippen molar-refractivity contribution in [3.05, 3.63) is 54.0 Å². The molecule has 0 bridgehead atoms. The van der Waals surface area contributed by atoms with Gasteiger partial charge in [-0.2, -0.15) is 0 Å². The maximum atomic E-state index is 12.8. The number of nitrogens with one attached hydrogen (secondary N) is 1. The van der Waals surface area contributed by atoms with Gasteiger partial charge in [0.05, 0.1) is 38.1 Å². The molecule has 3 heterocycles. The van der Waals surface area contributed by atoms with E-state index in [2.05, 4.69) is 20.2 Å². The molecule has 2 aliphatic heterocycles. The van der Waals surface area contributed by atoms with E-state index in [-0.39, 0.29) is 5.91 Å². The molecule has 1 unspecified atom stereocenters. The number of fused-ring (bicyclic) bond motifs is 2. The number of nitrogens with zero attached hydrogens (tertiary/aromatic N) is 3. The fourth-order valence-corrected chi connectivity index (χ4v) is 4.36. The molecule has 2 aliphatic rings. The molecule has 0 saturated carbocycles. The first-order valence-electron chi connectivity index (χ1n) is 10.9. The highest BCUT2D eigenvalue weighted by molar-refractivity contribution is 6.06. The minimum Gasteiger partial charge on any atom is -0.493 e. The quantitative estimate of drug-likeness (QED) is 0.572. The average Bonchev–Trinajstić information content (AvgIpc) is 3.17. The first kappa shape index (κ1) is 20.7. The van der Waals surface area contributed by atoms with Crippen molar-refractivity contribution in [3.8, 4) is 11.5 Å². The summed E-state index contributed by atoms with van der Waals surface area (Å²) in [6.45, 7) is 5.08. The summed E-state index contributed by atoms with van der Waals surface area (Å²) in [5.74, 6) is 0.671. The van der Waals surface area contributed by atoms with Gasteiger partial charge in [0.2, 0.25) is 5.91 Å². The van der Waals surface area contributed by atoms with E-state index in [1.165, 1.54) is 6.33 Å². The first-order chi connectivity index (χ1) is 15.7. The van der Waals surface area contributed by atoms with Crippen molar-refractivity contribution in [2.24, 2.45) is 0 Å². The van der Waals surface area contributed by atoms with E-state index in [1.54, 1.807) is 7.11 Å². The molecule has 1 amide bonds. The van der Waals surface area contributed by atoms with Crippen LogP contribution in [0.1, 0.15) is 23.6 Å². The Hall–Kier alpha value is -3.23. The number of carbonyl (C=O) groups is 1. The normalized spacial score (nSPS) is 18.4. The van der Waals surface area contributed by atoms with Gasteiger partial charge in [0.1, 0.15) is 12.2 Å². The van der Waals surface area contributed by atoms with Gasteiger partial charge in [0, 0.05) is 36.8 Å². The van der Waals surface area contributed by atoms with Crippen LogP contribution in [-0.2, 0) is 9.53 Å². The van der Waals surface area contributed by atoms with E-state index in [0.29, 0.717) is 23.8 Å². The van der Waals surface area contributed by atoms with Crippen molar-refractivity contribution in [1.29, 1.82) is 0 Å². The minimum atomic E-state index is -0.485. The van der Waals surface area contributed by atoms with Crippen LogP contribution in [0.4, 0.5) is 5.69 Å². The van der Waals surface area contributed by atoms with Crippen LogP contribution >= 0.6 is 0 Å². The van der Waals surface area contributed by atoms with Gasteiger partial charge in [-0.3, -0.25) is 9.69 Å². The van der Waals surface area contributed by atoms with Gasteiger partial charge in [0.15, 0.2) is 11.5 Å². The number of aromatic nitrogens is 2. The lowest BCUT2D eigenvalue weighted by molar-refractivity contribution is -0.116. The van der Waals surface area contributed by atoms with Crippen molar-refractivity contribution in [2.75, 3.05) is 51.9 Å². The number of benzene rings is 2. The Bertz CT molecular complexity index is 1130. The van der Waals surface area contributed by atoms with Crippen LogP contribution in [0.25, 0.3) is 10.9 Å². The lowest BCUT2D eigenvalue weighted by Crippen LogP contribution is -2.37. The van der Waals surface area contributed by atoms with E-state index in [1.807, 2.05) is 36.4 Å². The fraction of sp³-hybridized carbons (Fsp3) is 0.375. The molecule has 1 saturated heterocycles. The van der Waals surface area contributed by atoms with Crippen LogP contribution in [0.15, 0.2) is 42.7 Å². The number of rotatable bonds is 7. The number of para-hydroxylation sites is 1. The van der Waals surface area contributed by atoms with Crippen LogP contribution in [-0.4, -0.2) is 67.3 Å². The van der Waals surface area contributed by atoms with E-state index in [9.17, 15) is 4.79 Å². The number of ether oxygens (including phenoxy) is 3. The summed E-state index contributed by atoms with van der Waals surface area (Å²) in [4.78, 5) is 24.1. The second kappa shape index (κ2) is 9.10. The Morgan fingerprint density at radius 2 is 2.00 bits per heavy atom. The number of anilines is 1. The lowest BCUT2D eigenvalue weighted by Gasteiger charge is -2.26. The van der Waals surface area contributed by atoms with Gasteiger partial charge < -0.3 is 19.5 Å². The highest BCUT2D eigenvalue weighted by Gasteiger charge is 2.34. The molecule has 5 rings (SSSR count). The van der Waals surface area contributed by atoms with Crippen LogP contribution in [0, 0.1) is 0 Å². The highest BCUT2D eigenvalue weighted by Crippen LogP contribution is 2.40. The zero-order chi connectivity index (χ0) is 21.9.